The number of benzene rings is 1. The van der Waals surface area contributed by atoms with Crippen LogP contribution in [0.2, 0.25) is 0 Å². The van der Waals surface area contributed by atoms with Gasteiger partial charge >= 0.3 is 18.2 Å². The number of cyclic esters (lactones) is 1. The molecule has 1 aromatic carbocycles. The molecule has 3 saturated heterocycles. The molecule has 5 N–H and O–H groups in total. The molecule has 3 fully saturated rings. The van der Waals surface area contributed by atoms with Crippen LogP contribution in [-0.4, -0.2) is 177 Å². The number of rotatable bonds is 32. The summed E-state index contributed by atoms with van der Waals surface area (Å²) in [6.45, 7) is 17.9. The number of ether oxygens (including phenoxy) is 5. The highest BCUT2D eigenvalue weighted by molar-refractivity contribution is 8.00. The second kappa shape index (κ2) is 35.8. The molecule has 0 bridgehead atoms. The SMILES string of the molecule is CC[C@H](O)[C@@H](C)[C@H]1O[C@@H]1C[C@@](C)(O)/C=C/C=C(\C)[C@H]1OC(=O)C[C@H](C)CC[C@@](C)(OC)[C@@H](OC(=O)N2CCN(C(=O)OCc3ccc(CC(=O)[C@H](CCCCC(N)=O)NC(=O)[C@@H](CC(=O)CCCCCN4C(=O)CC(SC)C4=O)C(C)C)cc3)CC2)/C=C/[C@@H]1C. The number of nitrogens with one attached hydrogen (secondary N) is 1. The Balaban J connectivity index is 1.12. The van der Waals surface area contributed by atoms with Gasteiger partial charge in [0.15, 0.2) is 11.9 Å². The number of hydrogen-bond donors (Lipinski definition) is 4. The van der Waals surface area contributed by atoms with Crippen LogP contribution >= 0.6 is 11.8 Å². The lowest BCUT2D eigenvalue weighted by atomic mass is 9.86. The highest BCUT2D eigenvalue weighted by Gasteiger charge is 2.47. The summed E-state index contributed by atoms with van der Waals surface area (Å²) in [6, 6.07) is 6.13. The van der Waals surface area contributed by atoms with Crippen molar-refractivity contribution >= 4 is 65.1 Å². The number of epoxide rings is 1. The van der Waals surface area contributed by atoms with Crippen molar-refractivity contribution in [2.75, 3.05) is 46.1 Å². The van der Waals surface area contributed by atoms with Gasteiger partial charge in [0, 0.05) is 103 Å². The Labute approximate surface area is 537 Å². The summed E-state index contributed by atoms with van der Waals surface area (Å²) >= 11 is 1.37. The lowest BCUT2D eigenvalue weighted by molar-refractivity contribution is -0.150. The number of carbonyl (C=O) groups is 9. The third-order valence-corrected chi connectivity index (χ3v) is 19.1. The number of allylic oxidation sites excluding steroid dienone is 2. The average molecular weight is 1280 g/mol. The number of likely N-dealkylation sites (tertiary alicyclic amines) is 1. The summed E-state index contributed by atoms with van der Waals surface area (Å²) in [4.78, 5) is 122. The molecule has 1 unspecified atom stereocenters. The average Bonchev–Trinajstić information content (AvgIpc) is 1.63. The Morgan fingerprint density at radius 3 is 2.20 bits per heavy atom. The van der Waals surface area contributed by atoms with Crippen molar-refractivity contribution in [2.24, 2.45) is 35.3 Å². The Morgan fingerprint density at radius 2 is 1.58 bits per heavy atom. The van der Waals surface area contributed by atoms with Gasteiger partial charge < -0.3 is 54.7 Å². The molecule has 5 rings (SSSR count). The number of aliphatic hydroxyl groups is 2. The van der Waals surface area contributed by atoms with E-state index in [1.165, 1.54) is 21.6 Å². The molecule has 4 aliphatic heterocycles. The lowest BCUT2D eigenvalue weighted by Gasteiger charge is -2.38. The smallest absolute Gasteiger partial charge is 0.410 e. The van der Waals surface area contributed by atoms with Crippen LogP contribution in [0.3, 0.4) is 0 Å². The molecule has 90 heavy (non-hydrogen) atoms. The second-order valence-electron chi connectivity index (χ2n) is 26.1. The van der Waals surface area contributed by atoms with Crippen LogP contribution in [0.1, 0.15) is 170 Å². The number of amides is 6. The first-order valence-corrected chi connectivity index (χ1v) is 33.7. The second-order valence-corrected chi connectivity index (χ2v) is 27.1. The van der Waals surface area contributed by atoms with Crippen LogP contribution in [0.4, 0.5) is 9.59 Å². The number of unbranched alkanes of at least 4 members (excludes halogenated alkanes) is 3. The largest absolute Gasteiger partial charge is 0.457 e. The van der Waals surface area contributed by atoms with E-state index < -0.39 is 65.5 Å². The molecule has 6 amide bonds. The first-order valence-electron chi connectivity index (χ1n) is 32.4. The van der Waals surface area contributed by atoms with E-state index in [2.05, 4.69) is 5.32 Å². The Hall–Kier alpha value is -5.94. The minimum absolute atomic E-state index is 0.00163. The van der Waals surface area contributed by atoms with Gasteiger partial charge in [-0.3, -0.25) is 38.5 Å². The summed E-state index contributed by atoms with van der Waals surface area (Å²) in [7, 11) is 1.57. The molecule has 0 saturated carbocycles. The highest BCUT2D eigenvalue weighted by atomic mass is 32.2. The Bertz CT molecular complexity index is 2690. The van der Waals surface area contributed by atoms with Crippen LogP contribution in [0.5, 0.6) is 0 Å². The molecule has 4 aliphatic rings. The zero-order valence-electron chi connectivity index (χ0n) is 55.1. The molecule has 21 nitrogen and oxygen atoms in total. The maximum atomic E-state index is 14.0. The maximum Gasteiger partial charge on any atom is 0.410 e. The predicted molar refractivity (Wildman–Crippen MR) is 342 cm³/mol. The molecule has 0 spiro atoms. The van der Waals surface area contributed by atoms with Gasteiger partial charge in [-0.25, -0.2) is 9.59 Å². The molecule has 1 aromatic rings. The van der Waals surface area contributed by atoms with E-state index in [1.54, 1.807) is 61.4 Å². The molecule has 502 valence electrons. The fraction of sp³-hybridized carbons (Fsp3) is 0.691. The van der Waals surface area contributed by atoms with E-state index in [9.17, 15) is 53.4 Å². The van der Waals surface area contributed by atoms with Crippen LogP contribution < -0.4 is 11.1 Å². The summed E-state index contributed by atoms with van der Waals surface area (Å²) in [5.41, 5.74) is 5.30. The minimum Gasteiger partial charge on any atom is -0.457 e. The van der Waals surface area contributed by atoms with Crippen molar-refractivity contribution in [3.05, 3.63) is 71.3 Å². The van der Waals surface area contributed by atoms with Crippen LogP contribution in [0, 0.1) is 29.6 Å². The number of primary amides is 1. The van der Waals surface area contributed by atoms with Gasteiger partial charge in [0.25, 0.3) is 0 Å². The number of carbonyl (C=O) groups excluding carboxylic acids is 9. The molecular weight excluding hydrogens is 1170 g/mol. The normalized spacial score (nSPS) is 25.9. The van der Waals surface area contributed by atoms with Crippen molar-refractivity contribution in [1.29, 1.82) is 0 Å². The maximum absolute atomic E-state index is 14.0. The third-order valence-electron chi connectivity index (χ3n) is 18.2. The van der Waals surface area contributed by atoms with Gasteiger partial charge in [-0.05, 0) is 107 Å². The molecule has 0 radical (unpaired) electrons. The molecule has 4 heterocycles. The summed E-state index contributed by atoms with van der Waals surface area (Å²) in [5.74, 6) is -3.26. The summed E-state index contributed by atoms with van der Waals surface area (Å²) < 4.78 is 30.0. The van der Waals surface area contributed by atoms with Crippen LogP contribution in [0.15, 0.2) is 60.2 Å². The first-order chi connectivity index (χ1) is 42.6. The molecule has 0 aliphatic carbocycles. The minimum atomic E-state index is -1.19. The summed E-state index contributed by atoms with van der Waals surface area (Å²) in [6.07, 6.45) is 13.0. The predicted octanol–water partition coefficient (Wildman–Crippen LogP) is 8.52. The lowest BCUT2D eigenvalue weighted by Crippen LogP contribution is -2.52. The number of esters is 1. The zero-order chi connectivity index (χ0) is 66.5. The molecule has 22 heteroatoms. The Morgan fingerprint density at radius 1 is 0.922 bits per heavy atom. The number of thioether (sulfide) groups is 1. The van der Waals surface area contributed by atoms with Gasteiger partial charge in [-0.2, -0.15) is 11.8 Å². The van der Waals surface area contributed by atoms with E-state index in [-0.39, 0.29) is 148 Å². The number of hydrogen-bond acceptors (Lipinski definition) is 17. The van der Waals surface area contributed by atoms with E-state index in [1.807, 2.05) is 73.8 Å². The number of nitrogens with two attached hydrogens (primary N) is 1. The highest BCUT2D eigenvalue weighted by Crippen LogP contribution is 2.38. The number of piperazine rings is 1. The van der Waals surface area contributed by atoms with E-state index in [0.29, 0.717) is 75.5 Å². The van der Waals surface area contributed by atoms with Crippen molar-refractivity contribution in [3.8, 4) is 0 Å². The number of Topliss-reactive ketones (excluding diaryl/α,β-unsaturated/α-hetero) is 2. The Kier molecular flexibility index (Phi) is 29.7. The van der Waals surface area contributed by atoms with Gasteiger partial charge in [-0.1, -0.05) is 103 Å². The van der Waals surface area contributed by atoms with E-state index in [0.717, 1.165) is 5.57 Å². The topological polar surface area (TPSA) is 291 Å². The third kappa shape index (κ3) is 23.3. The van der Waals surface area contributed by atoms with Crippen molar-refractivity contribution in [1.82, 2.24) is 20.0 Å². The van der Waals surface area contributed by atoms with E-state index >= 15 is 0 Å². The quantitative estimate of drug-likeness (QED) is 0.00999. The monoisotopic (exact) mass is 1280 g/mol. The zero-order valence-corrected chi connectivity index (χ0v) is 55.9. The first kappa shape index (κ1) is 74.8. The fourth-order valence-corrected chi connectivity index (χ4v) is 12.4. The van der Waals surface area contributed by atoms with Gasteiger partial charge in [0.05, 0.1) is 35.2 Å². The van der Waals surface area contributed by atoms with Crippen molar-refractivity contribution in [2.45, 2.75) is 225 Å². The number of aliphatic hydroxyl groups excluding tert-OH is 1. The van der Waals surface area contributed by atoms with Gasteiger partial charge in [0.2, 0.25) is 23.6 Å². The van der Waals surface area contributed by atoms with Gasteiger partial charge in [-0.15, -0.1) is 0 Å². The number of imide groups is 1. The van der Waals surface area contributed by atoms with Crippen LogP contribution in [-0.2, 0) is 70.3 Å². The number of nitrogens with zero attached hydrogens (tertiary/aromatic N) is 3. The summed E-state index contributed by atoms with van der Waals surface area (Å²) in [5, 5.41) is 24.1. The van der Waals surface area contributed by atoms with E-state index in [4.69, 9.17) is 29.4 Å². The van der Waals surface area contributed by atoms with Gasteiger partial charge in [0.1, 0.15) is 24.1 Å². The van der Waals surface area contributed by atoms with Crippen molar-refractivity contribution < 1.29 is 77.0 Å². The molecular formula is C68H103N5O16S. The van der Waals surface area contributed by atoms with Crippen molar-refractivity contribution in [3.63, 3.8) is 0 Å². The molecule has 0 aromatic heterocycles. The number of methoxy groups -OCH3 is 1. The standard InChI is InChI=1S/C68H103N5O16S/c1-12-53(75)47(7)62-55(87-62)41-67(8,84)30-18-19-45(5)61-46(6)23-28-57(68(9,85-10)31-29-44(4)37-60(79)89-61)88-66(83)72-35-33-71(34-36-72)65(82)86-42-49-26-24-48(25-27-49)38-54(76)52(21-15-16-22-58(69)77)70-63(80)51(43(2)3)39-50(74)20-14-13-17-32-73-59(78)40-56(90-11)64(73)81/h18-19,23-28,30,43-44,46-47,51-53,55-57,61-62,75,84H,12-17,20-22,29,31-42H2,1-11H3,(H2,69,77)(H,70,80)/b28-23+,30-18+,45-19+/t44-,46+,47-,51+,52+,53+,55-,56?,57+,61-,62-,67+,68-/m1/s1. The van der Waals surface area contributed by atoms with Crippen LogP contribution in [0.25, 0.3) is 0 Å². The number of ketones is 2. The molecule has 13 atom stereocenters. The fourth-order valence-electron chi connectivity index (χ4n) is 11.8.